The highest BCUT2D eigenvalue weighted by Crippen LogP contribution is 2.31. The average molecular weight is 292 g/mol. The molecule has 1 aromatic heterocycles. The summed E-state index contributed by atoms with van der Waals surface area (Å²) < 4.78 is 37.6. The van der Waals surface area contributed by atoms with Crippen LogP contribution in [0.3, 0.4) is 0 Å². The van der Waals surface area contributed by atoms with E-state index in [2.05, 4.69) is 4.98 Å². The molecule has 0 atom stereocenters. The van der Waals surface area contributed by atoms with Crippen molar-refractivity contribution in [1.82, 2.24) is 4.98 Å². The van der Waals surface area contributed by atoms with Crippen LogP contribution in [0.5, 0.6) is 0 Å². The Morgan fingerprint density at radius 1 is 1.05 bits per heavy atom. The maximum absolute atomic E-state index is 12.5. The van der Waals surface area contributed by atoms with Crippen LogP contribution >= 0.6 is 0 Å². The molecule has 2 heterocycles. The van der Waals surface area contributed by atoms with Gasteiger partial charge in [-0.05, 0) is 30.3 Å². The molecule has 0 spiro atoms. The first-order chi connectivity index (χ1) is 9.95. The van der Waals surface area contributed by atoms with Crippen molar-refractivity contribution in [1.29, 1.82) is 0 Å². The lowest BCUT2D eigenvalue weighted by Crippen LogP contribution is -2.35. The van der Waals surface area contributed by atoms with Crippen LogP contribution in [0.15, 0.2) is 42.7 Å². The Bertz CT molecular complexity index is 680. The van der Waals surface area contributed by atoms with Gasteiger partial charge in [-0.3, -0.25) is 9.78 Å². The zero-order chi connectivity index (χ0) is 15.0. The Morgan fingerprint density at radius 3 is 2.43 bits per heavy atom. The predicted octanol–water partition coefficient (Wildman–Crippen LogP) is 3.30. The second-order valence-electron chi connectivity index (χ2n) is 4.86. The molecule has 1 aromatic carbocycles. The van der Waals surface area contributed by atoms with Crippen LogP contribution < -0.4 is 4.90 Å². The fourth-order valence-electron chi connectivity index (χ4n) is 2.39. The third-order valence-electron chi connectivity index (χ3n) is 3.46. The van der Waals surface area contributed by atoms with Crippen molar-refractivity contribution in [3.05, 3.63) is 59.4 Å². The first-order valence-electron chi connectivity index (χ1n) is 6.33. The molecule has 1 aliphatic heterocycles. The van der Waals surface area contributed by atoms with Gasteiger partial charge in [0.25, 0.3) is 0 Å². The molecule has 6 heteroatoms. The second-order valence-corrected chi connectivity index (χ2v) is 4.86. The molecule has 0 radical (unpaired) electrons. The summed E-state index contributed by atoms with van der Waals surface area (Å²) in [7, 11) is 0. The number of Topliss-reactive ketones (excluding diaryl/α,β-unsaturated/α-hetero) is 1. The maximum Gasteiger partial charge on any atom is 0.416 e. The summed E-state index contributed by atoms with van der Waals surface area (Å²) >= 11 is 0. The highest BCUT2D eigenvalue weighted by molar-refractivity contribution is 6.01. The van der Waals surface area contributed by atoms with Gasteiger partial charge in [-0.25, -0.2) is 0 Å². The van der Waals surface area contributed by atoms with Gasteiger partial charge in [0.05, 0.1) is 12.1 Å². The summed E-state index contributed by atoms with van der Waals surface area (Å²) in [5.74, 6) is -0.0569. The van der Waals surface area contributed by atoms with Gasteiger partial charge in [0.15, 0.2) is 5.78 Å². The van der Waals surface area contributed by atoms with E-state index in [9.17, 15) is 18.0 Å². The van der Waals surface area contributed by atoms with Crippen LogP contribution in [0.1, 0.15) is 21.5 Å². The summed E-state index contributed by atoms with van der Waals surface area (Å²) in [4.78, 5) is 17.8. The van der Waals surface area contributed by atoms with Gasteiger partial charge in [0.2, 0.25) is 0 Å². The number of nitrogens with zero attached hydrogens (tertiary/aromatic N) is 2. The molecule has 21 heavy (non-hydrogen) atoms. The summed E-state index contributed by atoms with van der Waals surface area (Å²) in [6.45, 7) is 0.614. The molecule has 0 bridgehead atoms. The lowest BCUT2D eigenvalue weighted by Gasteiger charge is -2.29. The van der Waals surface area contributed by atoms with Crippen molar-refractivity contribution in [2.75, 3.05) is 11.4 Å². The van der Waals surface area contributed by atoms with Crippen LogP contribution in [0, 0.1) is 0 Å². The van der Waals surface area contributed by atoms with Crippen molar-refractivity contribution in [3.63, 3.8) is 0 Å². The summed E-state index contributed by atoms with van der Waals surface area (Å²) in [5, 5.41) is 0. The molecule has 108 valence electrons. The number of hydrogen-bond acceptors (Lipinski definition) is 3. The van der Waals surface area contributed by atoms with Crippen LogP contribution in [-0.2, 0) is 12.7 Å². The minimum Gasteiger partial charge on any atom is -0.359 e. The van der Waals surface area contributed by atoms with Crippen LogP contribution in [0.2, 0.25) is 0 Å². The monoisotopic (exact) mass is 292 g/mol. The molecule has 0 saturated carbocycles. The number of anilines is 1. The van der Waals surface area contributed by atoms with Gasteiger partial charge in [-0.2, -0.15) is 13.2 Å². The largest absolute Gasteiger partial charge is 0.416 e. The third-order valence-corrected chi connectivity index (χ3v) is 3.46. The molecule has 0 N–H and O–H groups in total. The Balaban J connectivity index is 1.88. The Kier molecular flexibility index (Phi) is 3.16. The molecule has 2 aromatic rings. The number of halogens is 3. The van der Waals surface area contributed by atoms with Gasteiger partial charge in [0, 0.05) is 35.8 Å². The molecule has 3 rings (SSSR count). The number of carbonyl (C=O) groups is 1. The molecule has 0 unspecified atom stereocenters. The van der Waals surface area contributed by atoms with Gasteiger partial charge < -0.3 is 4.90 Å². The van der Waals surface area contributed by atoms with E-state index in [4.69, 9.17) is 0 Å². The van der Waals surface area contributed by atoms with E-state index >= 15 is 0 Å². The predicted molar refractivity (Wildman–Crippen MR) is 71.1 cm³/mol. The quantitative estimate of drug-likeness (QED) is 0.808. The third kappa shape index (κ3) is 2.61. The molecule has 0 aliphatic carbocycles. The highest BCUT2D eigenvalue weighted by Gasteiger charge is 2.30. The highest BCUT2D eigenvalue weighted by atomic mass is 19.4. The van der Waals surface area contributed by atoms with E-state index in [0.717, 1.165) is 17.7 Å². The summed E-state index contributed by atoms with van der Waals surface area (Å²) in [5.41, 5.74) is 1.31. The number of aromatic nitrogens is 1. The number of ketones is 1. The number of carbonyl (C=O) groups excluding carboxylic acids is 1. The minimum atomic E-state index is -4.35. The van der Waals surface area contributed by atoms with Crippen LogP contribution in [-0.4, -0.2) is 17.3 Å². The zero-order valence-corrected chi connectivity index (χ0v) is 10.9. The molecule has 3 nitrogen and oxygen atoms in total. The van der Waals surface area contributed by atoms with Crippen molar-refractivity contribution in [2.45, 2.75) is 12.7 Å². The average Bonchev–Trinajstić information content (AvgIpc) is 2.46. The first kappa shape index (κ1) is 13.6. The Labute approximate surface area is 119 Å². The van der Waals surface area contributed by atoms with Crippen molar-refractivity contribution in [2.24, 2.45) is 0 Å². The summed E-state index contributed by atoms with van der Waals surface area (Å²) in [6, 6.07) is 6.49. The number of fused-ring (bicyclic) bond motifs is 1. The van der Waals surface area contributed by atoms with Crippen LogP contribution in [0.25, 0.3) is 0 Å². The molecule has 0 saturated heterocycles. The number of hydrogen-bond donors (Lipinski definition) is 0. The standard InChI is InChI=1S/C15H11F3N2O/c16-15(17,18)11-1-3-12(4-2-11)20-8-10-7-19-6-5-13(10)14(21)9-20/h1-7H,8-9H2. The van der Waals surface area contributed by atoms with E-state index in [1.807, 2.05) is 0 Å². The number of benzene rings is 1. The number of pyridine rings is 1. The minimum absolute atomic E-state index is 0.0569. The zero-order valence-electron chi connectivity index (χ0n) is 10.9. The van der Waals surface area contributed by atoms with Gasteiger partial charge in [-0.1, -0.05) is 0 Å². The van der Waals surface area contributed by atoms with Crippen LogP contribution in [0.4, 0.5) is 18.9 Å². The second kappa shape index (κ2) is 4.87. The molecule has 0 amide bonds. The molecule has 0 fully saturated rings. The van der Waals surface area contributed by atoms with E-state index in [0.29, 0.717) is 17.8 Å². The van der Waals surface area contributed by atoms with E-state index < -0.39 is 11.7 Å². The topological polar surface area (TPSA) is 33.2 Å². The lowest BCUT2D eigenvalue weighted by molar-refractivity contribution is -0.137. The molecule has 1 aliphatic rings. The van der Waals surface area contributed by atoms with E-state index in [1.54, 1.807) is 23.4 Å². The van der Waals surface area contributed by atoms with Crippen molar-refractivity contribution < 1.29 is 18.0 Å². The van der Waals surface area contributed by atoms with Crippen molar-refractivity contribution >= 4 is 11.5 Å². The molecular formula is C15H11F3N2O. The summed E-state index contributed by atoms with van der Waals surface area (Å²) in [6.07, 6.45) is -1.18. The molecular weight excluding hydrogens is 281 g/mol. The number of rotatable bonds is 1. The smallest absolute Gasteiger partial charge is 0.359 e. The van der Waals surface area contributed by atoms with Gasteiger partial charge in [-0.15, -0.1) is 0 Å². The first-order valence-corrected chi connectivity index (χ1v) is 6.33. The SMILES string of the molecule is O=C1CN(c2ccc(C(F)(F)F)cc2)Cc2cnccc21. The van der Waals surface area contributed by atoms with Gasteiger partial charge in [0.1, 0.15) is 0 Å². The normalized spacial score (nSPS) is 15.0. The Morgan fingerprint density at radius 2 is 1.76 bits per heavy atom. The Hall–Kier alpha value is -2.37. The fraction of sp³-hybridized carbons (Fsp3) is 0.200. The van der Waals surface area contributed by atoms with E-state index in [-0.39, 0.29) is 12.3 Å². The fourth-order valence-corrected chi connectivity index (χ4v) is 2.39. The van der Waals surface area contributed by atoms with Gasteiger partial charge >= 0.3 is 6.18 Å². The number of alkyl halides is 3. The lowest BCUT2D eigenvalue weighted by atomic mass is 10.0. The van der Waals surface area contributed by atoms with E-state index in [1.165, 1.54) is 12.1 Å². The van der Waals surface area contributed by atoms with Crippen molar-refractivity contribution in [3.8, 4) is 0 Å². The maximum atomic E-state index is 12.5.